The smallest absolute Gasteiger partial charge is 0.238 e. The van der Waals surface area contributed by atoms with E-state index in [9.17, 15) is 4.79 Å². The molecule has 1 aromatic rings. The normalized spacial score (nSPS) is 32.9. The third-order valence-electron chi connectivity index (χ3n) is 5.44. The molecule has 3 rings (SSSR count). The van der Waals surface area contributed by atoms with E-state index in [-0.39, 0.29) is 12.1 Å². The Kier molecular flexibility index (Phi) is 4.03. The molecule has 3 heteroatoms. The molecule has 21 heavy (non-hydrogen) atoms. The Balaban J connectivity index is 1.87. The minimum absolute atomic E-state index is 0.0560. The summed E-state index contributed by atoms with van der Waals surface area (Å²) in [7, 11) is 0. The highest BCUT2D eigenvalue weighted by atomic mass is 16.2. The van der Waals surface area contributed by atoms with E-state index in [1.807, 2.05) is 0 Å². The van der Waals surface area contributed by atoms with Crippen LogP contribution in [0.3, 0.4) is 0 Å². The molecule has 0 radical (unpaired) electrons. The molecule has 0 aromatic heterocycles. The second-order valence-electron chi connectivity index (χ2n) is 6.67. The largest absolute Gasteiger partial charge is 0.319 e. The first kappa shape index (κ1) is 14.6. The van der Waals surface area contributed by atoms with Gasteiger partial charge in [-0.15, -0.1) is 0 Å². The lowest BCUT2D eigenvalue weighted by molar-refractivity contribution is -0.131. The quantitative estimate of drug-likeness (QED) is 0.925. The van der Waals surface area contributed by atoms with E-state index in [1.54, 1.807) is 0 Å². The topological polar surface area (TPSA) is 32.3 Å². The lowest BCUT2D eigenvalue weighted by Crippen LogP contribution is -2.41. The number of benzene rings is 1. The predicted molar refractivity (Wildman–Crippen MR) is 84.7 cm³/mol. The predicted octanol–water partition coefficient (Wildman–Crippen LogP) is 3.25. The van der Waals surface area contributed by atoms with E-state index >= 15 is 0 Å². The Bertz CT molecular complexity index is 528. The van der Waals surface area contributed by atoms with Gasteiger partial charge in [0.15, 0.2) is 0 Å². The molecule has 4 atom stereocenters. The average molecular weight is 286 g/mol. The lowest BCUT2D eigenvalue weighted by Gasteiger charge is -2.34. The van der Waals surface area contributed by atoms with Crippen molar-refractivity contribution < 1.29 is 4.79 Å². The van der Waals surface area contributed by atoms with Gasteiger partial charge in [-0.25, -0.2) is 0 Å². The van der Waals surface area contributed by atoms with E-state index in [0.717, 1.165) is 12.3 Å². The Hall–Kier alpha value is -1.35. The van der Waals surface area contributed by atoms with E-state index < -0.39 is 0 Å². The standard InChI is InChI=1S/C18H26N2O/c1-4-14-8-9-16(13(14)3)20-17(21)11-19-18(20)15-7-5-6-12(2)10-15/h5-7,10,13-14,16,18-19H,4,8-9,11H2,1-3H3. The van der Waals surface area contributed by atoms with Gasteiger partial charge in [0.2, 0.25) is 5.91 Å². The van der Waals surface area contributed by atoms with E-state index in [1.165, 1.54) is 24.0 Å². The molecule has 2 aliphatic rings. The number of carbonyl (C=O) groups excluding carboxylic acids is 1. The number of aryl methyl sites for hydroxylation is 1. The molecule has 1 amide bonds. The van der Waals surface area contributed by atoms with Crippen LogP contribution in [0.1, 0.15) is 50.4 Å². The SMILES string of the molecule is CCC1CCC(N2C(=O)CNC2c2cccc(C)c2)C1C. The molecule has 1 aromatic carbocycles. The molecule has 4 unspecified atom stereocenters. The number of nitrogens with zero attached hydrogens (tertiary/aromatic N) is 1. The summed E-state index contributed by atoms with van der Waals surface area (Å²) < 4.78 is 0. The molecule has 2 fully saturated rings. The number of hydrogen-bond acceptors (Lipinski definition) is 2. The second kappa shape index (κ2) is 5.80. The van der Waals surface area contributed by atoms with Crippen molar-refractivity contribution in [3.05, 3.63) is 35.4 Å². The van der Waals surface area contributed by atoms with Crippen molar-refractivity contribution in [1.29, 1.82) is 0 Å². The van der Waals surface area contributed by atoms with Gasteiger partial charge in [0.05, 0.1) is 6.54 Å². The van der Waals surface area contributed by atoms with Crippen molar-refractivity contribution in [2.75, 3.05) is 6.54 Å². The fourth-order valence-corrected chi connectivity index (χ4v) is 4.21. The van der Waals surface area contributed by atoms with Crippen LogP contribution in [0.5, 0.6) is 0 Å². The summed E-state index contributed by atoms with van der Waals surface area (Å²) >= 11 is 0. The summed E-state index contributed by atoms with van der Waals surface area (Å²) in [5.41, 5.74) is 2.47. The first-order chi connectivity index (χ1) is 10.1. The summed E-state index contributed by atoms with van der Waals surface area (Å²) in [6.07, 6.45) is 3.69. The minimum atomic E-state index is 0.0560. The molecule has 1 N–H and O–H groups in total. The van der Waals surface area contributed by atoms with Gasteiger partial charge in [0.25, 0.3) is 0 Å². The third kappa shape index (κ3) is 2.59. The van der Waals surface area contributed by atoms with Crippen LogP contribution in [0.15, 0.2) is 24.3 Å². The lowest BCUT2D eigenvalue weighted by atomic mass is 9.92. The molecule has 0 spiro atoms. The van der Waals surface area contributed by atoms with Crippen molar-refractivity contribution in [3.63, 3.8) is 0 Å². The van der Waals surface area contributed by atoms with Gasteiger partial charge in [-0.2, -0.15) is 0 Å². The highest BCUT2D eigenvalue weighted by Crippen LogP contribution is 2.40. The number of nitrogens with one attached hydrogen (secondary N) is 1. The fraction of sp³-hybridized carbons (Fsp3) is 0.611. The maximum absolute atomic E-state index is 12.4. The number of rotatable bonds is 3. The van der Waals surface area contributed by atoms with Gasteiger partial charge in [0, 0.05) is 6.04 Å². The zero-order valence-corrected chi connectivity index (χ0v) is 13.3. The Morgan fingerprint density at radius 2 is 2.14 bits per heavy atom. The van der Waals surface area contributed by atoms with Gasteiger partial charge < -0.3 is 4.90 Å². The van der Waals surface area contributed by atoms with E-state index in [2.05, 4.69) is 55.3 Å². The van der Waals surface area contributed by atoms with Crippen molar-refractivity contribution >= 4 is 5.91 Å². The zero-order valence-electron chi connectivity index (χ0n) is 13.3. The van der Waals surface area contributed by atoms with Crippen LogP contribution in [0.4, 0.5) is 0 Å². The van der Waals surface area contributed by atoms with Gasteiger partial charge >= 0.3 is 0 Å². The highest BCUT2D eigenvalue weighted by Gasteiger charge is 2.43. The molecule has 3 nitrogen and oxygen atoms in total. The summed E-state index contributed by atoms with van der Waals surface area (Å²) in [6.45, 7) is 7.17. The number of amides is 1. The van der Waals surface area contributed by atoms with Crippen LogP contribution in [-0.4, -0.2) is 23.4 Å². The van der Waals surface area contributed by atoms with Crippen molar-refractivity contribution in [1.82, 2.24) is 10.2 Å². The van der Waals surface area contributed by atoms with Gasteiger partial charge in [-0.3, -0.25) is 10.1 Å². The number of hydrogen-bond donors (Lipinski definition) is 1. The van der Waals surface area contributed by atoms with Gasteiger partial charge in [-0.05, 0) is 37.2 Å². The van der Waals surface area contributed by atoms with E-state index in [0.29, 0.717) is 18.5 Å². The van der Waals surface area contributed by atoms with Crippen LogP contribution in [0.2, 0.25) is 0 Å². The summed E-state index contributed by atoms with van der Waals surface area (Å²) in [4.78, 5) is 14.6. The molecular formula is C18H26N2O. The Morgan fingerprint density at radius 1 is 1.33 bits per heavy atom. The molecule has 0 bridgehead atoms. The average Bonchev–Trinajstić information content (AvgIpc) is 3.01. The zero-order chi connectivity index (χ0) is 15.0. The highest BCUT2D eigenvalue weighted by molar-refractivity contribution is 5.81. The van der Waals surface area contributed by atoms with Crippen LogP contribution < -0.4 is 5.32 Å². The summed E-state index contributed by atoms with van der Waals surface area (Å²) in [5.74, 6) is 1.63. The van der Waals surface area contributed by atoms with Crippen molar-refractivity contribution in [3.8, 4) is 0 Å². The van der Waals surface area contributed by atoms with Gasteiger partial charge in [0.1, 0.15) is 6.17 Å². The molecule has 1 aliphatic carbocycles. The third-order valence-corrected chi connectivity index (χ3v) is 5.44. The Labute approximate surface area is 127 Å². The second-order valence-corrected chi connectivity index (χ2v) is 6.67. The molecule has 1 heterocycles. The summed E-state index contributed by atoms with van der Waals surface area (Å²) in [6, 6.07) is 8.91. The van der Waals surface area contributed by atoms with Crippen molar-refractivity contribution in [2.45, 2.75) is 52.2 Å². The van der Waals surface area contributed by atoms with Crippen LogP contribution >= 0.6 is 0 Å². The molecular weight excluding hydrogens is 260 g/mol. The Morgan fingerprint density at radius 3 is 2.81 bits per heavy atom. The first-order valence-electron chi connectivity index (χ1n) is 8.23. The first-order valence-corrected chi connectivity index (χ1v) is 8.23. The van der Waals surface area contributed by atoms with Crippen LogP contribution in [-0.2, 0) is 4.79 Å². The maximum Gasteiger partial charge on any atom is 0.238 e. The minimum Gasteiger partial charge on any atom is -0.319 e. The molecule has 114 valence electrons. The van der Waals surface area contributed by atoms with Crippen LogP contribution in [0.25, 0.3) is 0 Å². The van der Waals surface area contributed by atoms with E-state index in [4.69, 9.17) is 0 Å². The molecule has 1 aliphatic heterocycles. The fourth-order valence-electron chi connectivity index (χ4n) is 4.21. The molecule has 1 saturated carbocycles. The monoisotopic (exact) mass is 286 g/mol. The van der Waals surface area contributed by atoms with Crippen LogP contribution in [0, 0.1) is 18.8 Å². The van der Waals surface area contributed by atoms with Crippen molar-refractivity contribution in [2.24, 2.45) is 11.8 Å². The summed E-state index contributed by atoms with van der Waals surface area (Å²) in [5, 5.41) is 3.41. The number of carbonyl (C=O) groups is 1. The maximum atomic E-state index is 12.4. The molecule has 1 saturated heterocycles. The van der Waals surface area contributed by atoms with Gasteiger partial charge in [-0.1, -0.05) is 50.1 Å².